The van der Waals surface area contributed by atoms with E-state index in [4.69, 9.17) is 0 Å². The lowest BCUT2D eigenvalue weighted by Crippen LogP contribution is -2.44. The first-order valence-corrected chi connectivity index (χ1v) is 10.3. The summed E-state index contributed by atoms with van der Waals surface area (Å²) in [6, 6.07) is 12.0. The number of rotatable bonds is 4. The van der Waals surface area contributed by atoms with E-state index in [1.807, 2.05) is 41.0 Å². The Bertz CT molecular complexity index is 915. The summed E-state index contributed by atoms with van der Waals surface area (Å²) in [4.78, 5) is 33.4. The SMILES string of the molecule is Cc1ccncc1C(=O)N1CCC2(CC1)CC(=O)N(CC=Cc1ccccc1)C2. The van der Waals surface area contributed by atoms with Crippen molar-refractivity contribution in [3.63, 3.8) is 0 Å². The van der Waals surface area contributed by atoms with Crippen LogP contribution in [0.25, 0.3) is 6.08 Å². The lowest BCUT2D eigenvalue weighted by atomic mass is 9.77. The highest BCUT2D eigenvalue weighted by Gasteiger charge is 2.45. The molecule has 2 aliphatic rings. The molecule has 0 saturated carbocycles. The normalized spacial score (nSPS) is 18.7. The molecule has 0 bridgehead atoms. The number of carbonyl (C=O) groups is 2. The van der Waals surface area contributed by atoms with Crippen molar-refractivity contribution in [3.05, 3.63) is 71.6 Å². The third kappa shape index (κ3) is 4.24. The minimum atomic E-state index is 0.0123. The van der Waals surface area contributed by atoms with E-state index >= 15 is 0 Å². The van der Waals surface area contributed by atoms with Crippen molar-refractivity contribution in [2.24, 2.45) is 5.41 Å². The van der Waals surface area contributed by atoms with Gasteiger partial charge in [0.1, 0.15) is 0 Å². The Hall–Kier alpha value is -2.95. The highest BCUT2D eigenvalue weighted by atomic mass is 16.2. The third-order valence-electron chi connectivity index (χ3n) is 6.22. The molecule has 4 rings (SSSR count). The Labute approximate surface area is 172 Å². The van der Waals surface area contributed by atoms with Crippen LogP contribution in [0.4, 0.5) is 0 Å². The van der Waals surface area contributed by atoms with Crippen LogP contribution in [0.5, 0.6) is 0 Å². The molecule has 3 heterocycles. The van der Waals surface area contributed by atoms with Crippen molar-refractivity contribution >= 4 is 17.9 Å². The maximum absolute atomic E-state index is 12.8. The molecule has 2 fully saturated rings. The van der Waals surface area contributed by atoms with Gasteiger partial charge in [-0.15, -0.1) is 0 Å². The number of hydrogen-bond donors (Lipinski definition) is 0. The number of pyridine rings is 1. The number of nitrogens with zero attached hydrogens (tertiary/aromatic N) is 3. The highest BCUT2D eigenvalue weighted by Crippen LogP contribution is 2.41. The van der Waals surface area contributed by atoms with Crippen molar-refractivity contribution in [1.82, 2.24) is 14.8 Å². The Morgan fingerprint density at radius 1 is 1.17 bits per heavy atom. The van der Waals surface area contributed by atoms with E-state index < -0.39 is 0 Å². The largest absolute Gasteiger partial charge is 0.339 e. The standard InChI is InChI=1S/C24H27N3O2/c1-19-9-12-25-17-21(19)23(29)26-14-10-24(11-15-26)16-22(28)27(18-24)13-5-8-20-6-3-2-4-7-20/h2-9,12,17H,10-11,13-16,18H2,1H3. The minimum absolute atomic E-state index is 0.0123. The second-order valence-electron chi connectivity index (χ2n) is 8.25. The lowest BCUT2D eigenvalue weighted by Gasteiger charge is -2.38. The smallest absolute Gasteiger partial charge is 0.255 e. The number of aromatic nitrogens is 1. The van der Waals surface area contributed by atoms with Gasteiger partial charge in [0, 0.05) is 50.4 Å². The molecular formula is C24H27N3O2. The summed E-state index contributed by atoms with van der Waals surface area (Å²) < 4.78 is 0. The molecule has 150 valence electrons. The maximum atomic E-state index is 12.8. The first kappa shape index (κ1) is 19.4. The van der Waals surface area contributed by atoms with Crippen LogP contribution in [0.3, 0.4) is 0 Å². The monoisotopic (exact) mass is 389 g/mol. The molecule has 2 aromatic rings. The zero-order chi connectivity index (χ0) is 20.3. The van der Waals surface area contributed by atoms with Gasteiger partial charge < -0.3 is 9.80 Å². The van der Waals surface area contributed by atoms with Crippen LogP contribution in [-0.4, -0.2) is 52.8 Å². The van der Waals surface area contributed by atoms with E-state index in [0.29, 0.717) is 31.6 Å². The Morgan fingerprint density at radius 2 is 1.93 bits per heavy atom. The zero-order valence-electron chi connectivity index (χ0n) is 16.9. The van der Waals surface area contributed by atoms with E-state index in [2.05, 4.69) is 29.3 Å². The van der Waals surface area contributed by atoms with Gasteiger partial charge in [0.25, 0.3) is 5.91 Å². The van der Waals surface area contributed by atoms with Crippen molar-refractivity contribution in [2.45, 2.75) is 26.2 Å². The molecule has 1 aromatic heterocycles. The highest BCUT2D eigenvalue weighted by molar-refractivity contribution is 5.95. The van der Waals surface area contributed by atoms with Gasteiger partial charge in [-0.05, 0) is 37.0 Å². The van der Waals surface area contributed by atoms with Gasteiger partial charge in [0.15, 0.2) is 0 Å². The zero-order valence-corrected chi connectivity index (χ0v) is 16.9. The number of carbonyl (C=O) groups excluding carboxylic acids is 2. The fourth-order valence-electron chi connectivity index (χ4n) is 4.41. The first-order chi connectivity index (χ1) is 14.1. The Kier molecular flexibility index (Phi) is 5.47. The molecule has 29 heavy (non-hydrogen) atoms. The average Bonchev–Trinajstić information content (AvgIpc) is 3.04. The molecule has 5 heteroatoms. The minimum Gasteiger partial charge on any atom is -0.339 e. The number of amides is 2. The molecule has 1 spiro atoms. The van der Waals surface area contributed by atoms with E-state index in [1.165, 1.54) is 0 Å². The summed E-state index contributed by atoms with van der Waals surface area (Å²) in [5, 5.41) is 0. The lowest BCUT2D eigenvalue weighted by molar-refractivity contribution is -0.127. The van der Waals surface area contributed by atoms with Crippen molar-refractivity contribution in [3.8, 4) is 0 Å². The van der Waals surface area contributed by atoms with Crippen molar-refractivity contribution < 1.29 is 9.59 Å². The average molecular weight is 389 g/mol. The van der Waals surface area contributed by atoms with Crippen LogP contribution in [0.2, 0.25) is 0 Å². The fourth-order valence-corrected chi connectivity index (χ4v) is 4.41. The van der Waals surface area contributed by atoms with Crippen molar-refractivity contribution in [1.29, 1.82) is 0 Å². The summed E-state index contributed by atoms with van der Waals surface area (Å²) in [6.07, 6.45) is 9.85. The van der Waals surface area contributed by atoms with Crippen LogP contribution < -0.4 is 0 Å². The van der Waals surface area contributed by atoms with Crippen LogP contribution in [-0.2, 0) is 4.79 Å². The molecular weight excluding hydrogens is 362 g/mol. The maximum Gasteiger partial charge on any atom is 0.255 e. The number of likely N-dealkylation sites (tertiary alicyclic amines) is 2. The molecule has 2 saturated heterocycles. The molecule has 0 N–H and O–H groups in total. The number of aryl methyl sites for hydroxylation is 1. The molecule has 0 atom stereocenters. The molecule has 0 unspecified atom stereocenters. The third-order valence-corrected chi connectivity index (χ3v) is 6.22. The topological polar surface area (TPSA) is 53.5 Å². The van der Waals surface area contributed by atoms with Crippen LogP contribution in [0.1, 0.15) is 40.7 Å². The number of benzene rings is 1. The summed E-state index contributed by atoms with van der Waals surface area (Å²) in [5.74, 6) is 0.281. The van der Waals surface area contributed by atoms with E-state index in [0.717, 1.165) is 30.5 Å². The Morgan fingerprint density at radius 3 is 2.66 bits per heavy atom. The van der Waals surface area contributed by atoms with Gasteiger partial charge in [-0.25, -0.2) is 0 Å². The molecule has 2 aliphatic heterocycles. The predicted molar refractivity (Wildman–Crippen MR) is 113 cm³/mol. The molecule has 0 aliphatic carbocycles. The van der Waals surface area contributed by atoms with Gasteiger partial charge >= 0.3 is 0 Å². The molecule has 5 nitrogen and oxygen atoms in total. The second kappa shape index (κ2) is 8.19. The van der Waals surface area contributed by atoms with E-state index in [1.54, 1.807) is 12.4 Å². The van der Waals surface area contributed by atoms with Gasteiger partial charge in [0.05, 0.1) is 5.56 Å². The van der Waals surface area contributed by atoms with Gasteiger partial charge in [0.2, 0.25) is 5.91 Å². The Balaban J connectivity index is 1.34. The summed E-state index contributed by atoms with van der Waals surface area (Å²) in [6.45, 7) is 4.78. The van der Waals surface area contributed by atoms with E-state index in [-0.39, 0.29) is 17.2 Å². The number of piperidine rings is 1. The van der Waals surface area contributed by atoms with Gasteiger partial charge in [-0.1, -0.05) is 42.5 Å². The number of hydrogen-bond acceptors (Lipinski definition) is 3. The fraction of sp³-hybridized carbons (Fsp3) is 0.375. The summed E-state index contributed by atoms with van der Waals surface area (Å²) >= 11 is 0. The summed E-state index contributed by atoms with van der Waals surface area (Å²) in [7, 11) is 0. The van der Waals surface area contributed by atoms with E-state index in [9.17, 15) is 9.59 Å². The predicted octanol–water partition coefficient (Wildman–Crippen LogP) is 3.56. The molecule has 1 aromatic carbocycles. The second-order valence-corrected chi connectivity index (χ2v) is 8.25. The summed E-state index contributed by atoms with van der Waals surface area (Å²) in [5.41, 5.74) is 2.79. The van der Waals surface area contributed by atoms with Crippen LogP contribution in [0.15, 0.2) is 54.9 Å². The molecule has 2 amide bonds. The quantitative estimate of drug-likeness (QED) is 0.803. The molecule has 0 radical (unpaired) electrons. The van der Waals surface area contributed by atoms with Gasteiger partial charge in [-0.2, -0.15) is 0 Å². The first-order valence-electron chi connectivity index (χ1n) is 10.3. The van der Waals surface area contributed by atoms with Crippen LogP contribution >= 0.6 is 0 Å². The van der Waals surface area contributed by atoms with Crippen molar-refractivity contribution in [2.75, 3.05) is 26.2 Å². The van der Waals surface area contributed by atoms with Crippen LogP contribution in [0, 0.1) is 12.3 Å². The van der Waals surface area contributed by atoms with Gasteiger partial charge in [-0.3, -0.25) is 14.6 Å².